The molecule has 3 aromatic rings. The van der Waals surface area contributed by atoms with Crippen LogP contribution in [0.2, 0.25) is 0 Å². The number of benzene rings is 1. The molecule has 2 heterocycles. The van der Waals surface area contributed by atoms with Crippen molar-refractivity contribution in [2.75, 3.05) is 11.9 Å². The highest BCUT2D eigenvalue weighted by Gasteiger charge is 2.16. The third kappa shape index (κ3) is 2.27. The average Bonchev–Trinajstić information content (AvgIpc) is 2.99. The van der Waals surface area contributed by atoms with Gasteiger partial charge in [-0.3, -0.25) is 0 Å². The number of anilines is 1. The van der Waals surface area contributed by atoms with E-state index in [2.05, 4.69) is 27.4 Å². The quantitative estimate of drug-likeness (QED) is 0.762. The van der Waals surface area contributed by atoms with Gasteiger partial charge in [0.15, 0.2) is 0 Å². The molecule has 104 valence electrons. The molecule has 0 aliphatic rings. The van der Waals surface area contributed by atoms with Crippen molar-refractivity contribution in [2.45, 2.75) is 26.7 Å². The number of aromatic amines is 1. The first-order valence-electron chi connectivity index (χ1n) is 6.76. The summed E-state index contributed by atoms with van der Waals surface area (Å²) in [4.78, 5) is 7.77. The Hall–Kier alpha value is -2.30. The van der Waals surface area contributed by atoms with Crippen LogP contribution in [-0.2, 0) is 0 Å². The van der Waals surface area contributed by atoms with Gasteiger partial charge in [-0.2, -0.15) is 0 Å². The molecule has 0 amide bonds. The van der Waals surface area contributed by atoms with Crippen LogP contribution < -0.4 is 5.32 Å². The van der Waals surface area contributed by atoms with E-state index in [4.69, 9.17) is 4.52 Å². The van der Waals surface area contributed by atoms with Crippen LogP contribution in [0.5, 0.6) is 0 Å². The van der Waals surface area contributed by atoms with E-state index >= 15 is 0 Å². The summed E-state index contributed by atoms with van der Waals surface area (Å²) in [6.07, 6.45) is 0. The van der Waals surface area contributed by atoms with Gasteiger partial charge in [-0.05, 0) is 26.0 Å². The summed E-state index contributed by atoms with van der Waals surface area (Å²) in [5, 5.41) is 7.34. The Morgan fingerprint density at radius 1 is 1.30 bits per heavy atom. The Balaban J connectivity index is 1.73. The lowest BCUT2D eigenvalue weighted by molar-refractivity contribution is 0.391. The Bertz CT molecular complexity index is 676. The lowest BCUT2D eigenvalue weighted by Gasteiger charge is -2.11. The van der Waals surface area contributed by atoms with Crippen molar-refractivity contribution in [2.24, 2.45) is 0 Å². The molecule has 0 spiro atoms. The van der Waals surface area contributed by atoms with Crippen molar-refractivity contribution in [3.05, 3.63) is 41.3 Å². The summed E-state index contributed by atoms with van der Waals surface area (Å²) in [6, 6.07) is 8.00. The lowest BCUT2D eigenvalue weighted by Crippen LogP contribution is -2.11. The Morgan fingerprint density at radius 2 is 2.10 bits per heavy atom. The molecule has 2 aromatic heterocycles. The van der Waals surface area contributed by atoms with Crippen LogP contribution in [0.4, 0.5) is 5.95 Å². The summed E-state index contributed by atoms with van der Waals surface area (Å²) in [5.74, 6) is 2.00. The van der Waals surface area contributed by atoms with Crippen LogP contribution >= 0.6 is 0 Å². The van der Waals surface area contributed by atoms with Crippen LogP contribution in [0.25, 0.3) is 11.0 Å². The van der Waals surface area contributed by atoms with Gasteiger partial charge in [0.25, 0.3) is 0 Å². The summed E-state index contributed by atoms with van der Waals surface area (Å²) in [7, 11) is 0. The summed E-state index contributed by atoms with van der Waals surface area (Å²) in [6.45, 7) is 6.86. The summed E-state index contributed by atoms with van der Waals surface area (Å²) < 4.78 is 5.22. The molecule has 0 saturated carbocycles. The molecule has 1 unspecified atom stereocenters. The molecule has 1 atom stereocenters. The first-order chi connectivity index (χ1) is 9.65. The van der Waals surface area contributed by atoms with Gasteiger partial charge in [-0.15, -0.1) is 0 Å². The van der Waals surface area contributed by atoms with Crippen LogP contribution in [0, 0.1) is 13.8 Å². The number of rotatable bonds is 4. The zero-order valence-electron chi connectivity index (χ0n) is 11.9. The molecule has 0 aliphatic heterocycles. The highest BCUT2D eigenvalue weighted by atomic mass is 16.5. The number of fused-ring (bicyclic) bond motifs is 1. The molecule has 0 fully saturated rings. The molecule has 2 N–H and O–H groups in total. The smallest absolute Gasteiger partial charge is 0.201 e. The lowest BCUT2D eigenvalue weighted by atomic mass is 10.00. The Labute approximate surface area is 117 Å². The second-order valence-electron chi connectivity index (χ2n) is 5.12. The number of nitrogens with zero attached hydrogens (tertiary/aromatic N) is 2. The van der Waals surface area contributed by atoms with Crippen molar-refractivity contribution in [3.63, 3.8) is 0 Å². The van der Waals surface area contributed by atoms with Gasteiger partial charge >= 0.3 is 0 Å². The monoisotopic (exact) mass is 270 g/mol. The number of nitrogens with one attached hydrogen (secondary N) is 2. The predicted octanol–water partition coefficient (Wildman–Crippen LogP) is 3.38. The van der Waals surface area contributed by atoms with Crippen LogP contribution in [0.1, 0.15) is 29.9 Å². The van der Waals surface area contributed by atoms with E-state index in [0.717, 1.165) is 35.0 Å². The fraction of sp³-hybridized carbons (Fsp3) is 0.333. The molecule has 5 nitrogen and oxygen atoms in total. The van der Waals surface area contributed by atoms with Crippen molar-refractivity contribution >= 4 is 17.0 Å². The van der Waals surface area contributed by atoms with Crippen LogP contribution in [0.15, 0.2) is 28.8 Å². The van der Waals surface area contributed by atoms with Crippen LogP contribution in [0.3, 0.4) is 0 Å². The number of aryl methyl sites for hydroxylation is 2. The van der Waals surface area contributed by atoms with Gasteiger partial charge in [0, 0.05) is 18.0 Å². The predicted molar refractivity (Wildman–Crippen MR) is 79.0 cm³/mol. The first-order valence-corrected chi connectivity index (χ1v) is 6.76. The number of para-hydroxylation sites is 2. The highest BCUT2D eigenvalue weighted by molar-refractivity contribution is 5.77. The molecule has 20 heavy (non-hydrogen) atoms. The highest BCUT2D eigenvalue weighted by Crippen LogP contribution is 2.23. The number of hydrogen-bond donors (Lipinski definition) is 2. The average molecular weight is 270 g/mol. The third-order valence-corrected chi connectivity index (χ3v) is 3.55. The minimum atomic E-state index is 0.314. The van der Waals surface area contributed by atoms with E-state index in [1.165, 1.54) is 5.56 Å². The zero-order chi connectivity index (χ0) is 14.1. The second kappa shape index (κ2) is 5.00. The topological polar surface area (TPSA) is 66.7 Å². The minimum Gasteiger partial charge on any atom is -0.361 e. The van der Waals surface area contributed by atoms with E-state index < -0.39 is 0 Å². The molecule has 0 bridgehead atoms. The standard InChI is InChI=1S/C15H18N4O/c1-9(14-10(2)19-20-11(14)3)8-16-15-17-12-6-4-5-7-13(12)18-15/h4-7,9H,8H2,1-3H3,(H2,16,17,18). The Morgan fingerprint density at radius 3 is 2.80 bits per heavy atom. The molecule has 3 rings (SSSR count). The van der Waals surface area contributed by atoms with E-state index in [1.807, 2.05) is 38.1 Å². The largest absolute Gasteiger partial charge is 0.361 e. The SMILES string of the molecule is Cc1noc(C)c1C(C)CNc1nc2ccccc2[nH]1. The second-order valence-corrected chi connectivity index (χ2v) is 5.12. The normalized spacial score (nSPS) is 12.8. The molecule has 5 heteroatoms. The maximum absolute atomic E-state index is 5.22. The van der Waals surface area contributed by atoms with Crippen molar-refractivity contribution in [1.82, 2.24) is 15.1 Å². The van der Waals surface area contributed by atoms with E-state index in [9.17, 15) is 0 Å². The first kappa shape index (κ1) is 12.7. The van der Waals surface area contributed by atoms with Crippen molar-refractivity contribution in [1.29, 1.82) is 0 Å². The van der Waals surface area contributed by atoms with Gasteiger partial charge in [0.05, 0.1) is 16.7 Å². The fourth-order valence-electron chi connectivity index (χ4n) is 2.58. The fourth-order valence-corrected chi connectivity index (χ4v) is 2.58. The number of aromatic nitrogens is 3. The minimum absolute atomic E-state index is 0.314. The van der Waals surface area contributed by atoms with Crippen LogP contribution in [-0.4, -0.2) is 21.7 Å². The zero-order valence-corrected chi connectivity index (χ0v) is 11.9. The van der Waals surface area contributed by atoms with E-state index in [1.54, 1.807) is 0 Å². The summed E-state index contributed by atoms with van der Waals surface area (Å²) in [5.41, 5.74) is 4.15. The maximum Gasteiger partial charge on any atom is 0.201 e. The van der Waals surface area contributed by atoms with Gasteiger partial charge in [-0.25, -0.2) is 4.98 Å². The third-order valence-electron chi connectivity index (χ3n) is 3.55. The van der Waals surface area contributed by atoms with E-state index in [0.29, 0.717) is 5.92 Å². The van der Waals surface area contributed by atoms with Gasteiger partial charge in [0.2, 0.25) is 5.95 Å². The van der Waals surface area contributed by atoms with Gasteiger partial charge in [0.1, 0.15) is 5.76 Å². The number of imidazole rings is 1. The van der Waals surface area contributed by atoms with Crippen molar-refractivity contribution in [3.8, 4) is 0 Å². The molecule has 1 aromatic carbocycles. The molecule has 0 aliphatic carbocycles. The molecule has 0 saturated heterocycles. The summed E-state index contributed by atoms with van der Waals surface area (Å²) >= 11 is 0. The number of hydrogen-bond acceptors (Lipinski definition) is 4. The number of H-pyrrole nitrogens is 1. The molecular formula is C15H18N4O. The van der Waals surface area contributed by atoms with Gasteiger partial charge < -0.3 is 14.8 Å². The van der Waals surface area contributed by atoms with E-state index in [-0.39, 0.29) is 0 Å². The van der Waals surface area contributed by atoms with Gasteiger partial charge in [-0.1, -0.05) is 24.2 Å². The maximum atomic E-state index is 5.22. The van der Waals surface area contributed by atoms with Crippen molar-refractivity contribution < 1.29 is 4.52 Å². The Kier molecular flexibility index (Phi) is 3.18. The molecule has 0 radical (unpaired) electrons. The molecular weight excluding hydrogens is 252 g/mol.